The van der Waals surface area contributed by atoms with Crippen molar-refractivity contribution >= 4 is 22.1 Å². The highest BCUT2D eigenvalue weighted by molar-refractivity contribution is 7.85. The summed E-state index contributed by atoms with van der Waals surface area (Å²) in [6.07, 6.45) is -0.0176. The van der Waals surface area contributed by atoms with Gasteiger partial charge in [-0.2, -0.15) is 8.42 Å². The first kappa shape index (κ1) is 14.9. The lowest BCUT2D eigenvalue weighted by Crippen LogP contribution is -2.49. The van der Waals surface area contributed by atoms with Crippen LogP contribution in [0.2, 0.25) is 0 Å². The molecule has 0 amide bonds. The van der Waals surface area contributed by atoms with E-state index < -0.39 is 44.6 Å². The summed E-state index contributed by atoms with van der Waals surface area (Å²) < 4.78 is 30.9. The second-order valence-electron chi connectivity index (χ2n) is 5.26. The minimum atomic E-state index is -4.50. The van der Waals surface area contributed by atoms with Crippen LogP contribution in [0.3, 0.4) is 0 Å². The third-order valence-corrected chi connectivity index (χ3v) is 4.96. The molecular formula is C10H16O7S. The summed E-state index contributed by atoms with van der Waals surface area (Å²) in [6.45, 7) is 2.83. The van der Waals surface area contributed by atoms with Crippen molar-refractivity contribution in [2.45, 2.75) is 26.7 Å². The van der Waals surface area contributed by atoms with E-state index in [9.17, 15) is 23.1 Å². The molecule has 2 atom stereocenters. The molecule has 1 fully saturated rings. The minimum Gasteiger partial charge on any atom is -0.481 e. The van der Waals surface area contributed by atoms with E-state index >= 15 is 0 Å². The Morgan fingerprint density at radius 1 is 1.28 bits per heavy atom. The third kappa shape index (κ3) is 2.22. The molecule has 18 heavy (non-hydrogen) atoms. The first-order valence-electron chi connectivity index (χ1n) is 5.35. The third-order valence-electron chi connectivity index (χ3n) is 4.10. The summed E-state index contributed by atoms with van der Waals surface area (Å²) in [5, 5.41) is 18.4. The lowest BCUT2D eigenvalue weighted by atomic mass is 9.65. The van der Waals surface area contributed by atoms with Gasteiger partial charge >= 0.3 is 11.9 Å². The smallest absolute Gasteiger partial charge is 0.311 e. The van der Waals surface area contributed by atoms with Crippen molar-refractivity contribution in [3.8, 4) is 0 Å². The van der Waals surface area contributed by atoms with Crippen LogP contribution in [0.15, 0.2) is 0 Å². The van der Waals surface area contributed by atoms with Gasteiger partial charge in [-0.05, 0) is 18.3 Å². The van der Waals surface area contributed by atoms with Gasteiger partial charge < -0.3 is 10.2 Å². The molecule has 0 spiro atoms. The van der Waals surface area contributed by atoms with Crippen LogP contribution in [0.4, 0.5) is 0 Å². The number of rotatable bonds is 4. The molecule has 0 aromatic carbocycles. The van der Waals surface area contributed by atoms with Gasteiger partial charge in [0.2, 0.25) is 0 Å². The van der Waals surface area contributed by atoms with E-state index in [0.717, 1.165) is 0 Å². The van der Waals surface area contributed by atoms with Crippen LogP contribution >= 0.6 is 0 Å². The Balaban J connectivity index is 3.31. The maximum atomic E-state index is 11.4. The Labute approximate surface area is 105 Å². The number of hydrogen-bond donors (Lipinski definition) is 3. The van der Waals surface area contributed by atoms with E-state index in [4.69, 9.17) is 9.66 Å². The molecule has 7 nitrogen and oxygen atoms in total. The average molecular weight is 280 g/mol. The highest BCUT2D eigenvalue weighted by Crippen LogP contribution is 2.56. The molecule has 3 N–H and O–H groups in total. The Bertz CT molecular complexity index is 478. The largest absolute Gasteiger partial charge is 0.481 e. The molecule has 8 heteroatoms. The molecule has 0 heterocycles. The SMILES string of the molecule is CC1(C)C(C(=O)O)CCC1(CS(=O)(=O)O)C(=O)O. The minimum absolute atomic E-state index is 0.0736. The van der Waals surface area contributed by atoms with Gasteiger partial charge in [-0.3, -0.25) is 14.1 Å². The van der Waals surface area contributed by atoms with Gasteiger partial charge in [-0.1, -0.05) is 13.8 Å². The summed E-state index contributed by atoms with van der Waals surface area (Å²) in [5.74, 6) is -4.46. The van der Waals surface area contributed by atoms with Crippen molar-refractivity contribution in [3.05, 3.63) is 0 Å². The molecule has 104 valence electrons. The molecule has 0 radical (unpaired) electrons. The number of aliphatic carboxylic acids is 2. The van der Waals surface area contributed by atoms with Gasteiger partial charge in [0.25, 0.3) is 10.1 Å². The lowest BCUT2D eigenvalue weighted by Gasteiger charge is -2.38. The fraction of sp³-hybridized carbons (Fsp3) is 0.800. The Morgan fingerprint density at radius 2 is 1.78 bits per heavy atom. The van der Waals surface area contributed by atoms with E-state index in [1.807, 2.05) is 0 Å². The molecule has 1 aliphatic rings. The number of carbonyl (C=O) groups is 2. The van der Waals surface area contributed by atoms with Crippen LogP contribution in [0.1, 0.15) is 26.7 Å². The first-order chi connectivity index (χ1) is 7.94. The summed E-state index contributed by atoms with van der Waals surface area (Å²) in [7, 11) is -4.50. The normalized spacial score (nSPS) is 31.2. The van der Waals surface area contributed by atoms with Crippen molar-refractivity contribution in [2.24, 2.45) is 16.7 Å². The Hall–Kier alpha value is -1.15. The molecule has 1 aliphatic carbocycles. The van der Waals surface area contributed by atoms with Gasteiger partial charge in [0.1, 0.15) is 0 Å². The van der Waals surface area contributed by atoms with Crippen LogP contribution < -0.4 is 0 Å². The summed E-state index contributed by atoms with van der Waals surface area (Å²) in [4.78, 5) is 22.5. The quantitative estimate of drug-likeness (QED) is 0.638. The number of carboxylic acids is 2. The molecule has 1 rings (SSSR count). The topological polar surface area (TPSA) is 129 Å². The zero-order valence-corrected chi connectivity index (χ0v) is 10.9. The number of hydrogen-bond acceptors (Lipinski definition) is 4. The predicted octanol–water partition coefficient (Wildman–Crippen LogP) is 0.466. The van der Waals surface area contributed by atoms with E-state index in [2.05, 4.69) is 0 Å². The van der Waals surface area contributed by atoms with Crippen LogP contribution in [0, 0.1) is 16.7 Å². The summed E-state index contributed by atoms with van der Waals surface area (Å²) in [6, 6.07) is 0. The fourth-order valence-corrected chi connectivity index (χ4v) is 4.12. The molecule has 1 saturated carbocycles. The molecule has 0 bridgehead atoms. The summed E-state index contributed by atoms with van der Waals surface area (Å²) >= 11 is 0. The van der Waals surface area contributed by atoms with Crippen LogP contribution in [0.5, 0.6) is 0 Å². The van der Waals surface area contributed by atoms with E-state index in [1.54, 1.807) is 0 Å². The van der Waals surface area contributed by atoms with Gasteiger partial charge in [-0.25, -0.2) is 0 Å². The predicted molar refractivity (Wildman–Crippen MR) is 60.6 cm³/mol. The van der Waals surface area contributed by atoms with Crippen molar-refractivity contribution in [3.63, 3.8) is 0 Å². The maximum absolute atomic E-state index is 11.4. The lowest BCUT2D eigenvalue weighted by molar-refractivity contribution is -0.157. The molecule has 0 saturated heterocycles. The van der Waals surface area contributed by atoms with Gasteiger partial charge in [-0.15, -0.1) is 0 Å². The Morgan fingerprint density at radius 3 is 2.06 bits per heavy atom. The average Bonchev–Trinajstić information content (AvgIpc) is 2.36. The van der Waals surface area contributed by atoms with Crippen molar-refractivity contribution < 1.29 is 32.8 Å². The second-order valence-corrected chi connectivity index (χ2v) is 6.72. The first-order valence-corrected chi connectivity index (χ1v) is 6.96. The fourth-order valence-electron chi connectivity index (χ4n) is 2.85. The van der Waals surface area contributed by atoms with Gasteiger partial charge in [0, 0.05) is 0 Å². The highest BCUT2D eigenvalue weighted by atomic mass is 32.2. The molecule has 0 aromatic heterocycles. The Kier molecular flexibility index (Phi) is 3.48. The van der Waals surface area contributed by atoms with Gasteiger partial charge in [0.15, 0.2) is 0 Å². The molecule has 0 aromatic rings. The van der Waals surface area contributed by atoms with Crippen molar-refractivity contribution in [1.29, 1.82) is 0 Å². The van der Waals surface area contributed by atoms with Crippen LogP contribution in [0.25, 0.3) is 0 Å². The van der Waals surface area contributed by atoms with Gasteiger partial charge in [0.05, 0.1) is 17.1 Å². The van der Waals surface area contributed by atoms with Crippen LogP contribution in [-0.2, 0) is 19.7 Å². The zero-order chi connectivity index (χ0) is 14.4. The van der Waals surface area contributed by atoms with Crippen LogP contribution in [-0.4, -0.2) is 40.9 Å². The molecular weight excluding hydrogens is 264 g/mol. The van der Waals surface area contributed by atoms with Crippen molar-refractivity contribution in [1.82, 2.24) is 0 Å². The van der Waals surface area contributed by atoms with E-state index in [0.29, 0.717) is 0 Å². The monoisotopic (exact) mass is 280 g/mol. The highest BCUT2D eigenvalue weighted by Gasteiger charge is 2.62. The zero-order valence-electron chi connectivity index (χ0n) is 10.1. The second kappa shape index (κ2) is 4.20. The van der Waals surface area contributed by atoms with E-state index in [1.165, 1.54) is 13.8 Å². The standard InChI is InChI=1S/C10H16O7S/c1-9(2)6(7(11)12)3-4-10(9,8(13)14)5-18(15,16)17/h6H,3-5H2,1-2H3,(H,11,12)(H,13,14)(H,15,16,17). The van der Waals surface area contributed by atoms with Crippen molar-refractivity contribution in [2.75, 3.05) is 5.75 Å². The molecule has 2 unspecified atom stereocenters. The number of carboxylic acid groups (broad SMARTS) is 2. The maximum Gasteiger partial charge on any atom is 0.311 e. The van der Waals surface area contributed by atoms with E-state index in [-0.39, 0.29) is 12.8 Å². The molecule has 0 aliphatic heterocycles. The summed E-state index contributed by atoms with van der Waals surface area (Å²) in [5.41, 5.74) is -3.04.